The summed E-state index contributed by atoms with van der Waals surface area (Å²) in [6.45, 7) is 1.99. The third-order valence-corrected chi connectivity index (χ3v) is 3.52. The van der Waals surface area contributed by atoms with Crippen molar-refractivity contribution in [3.8, 4) is 0 Å². The topological polar surface area (TPSA) is 38.0 Å². The van der Waals surface area contributed by atoms with Gasteiger partial charge in [0.1, 0.15) is 10.8 Å². The number of hydrogen-bond acceptors (Lipinski definition) is 2. The molecule has 0 spiro atoms. The first kappa shape index (κ1) is 14.8. The summed E-state index contributed by atoms with van der Waals surface area (Å²) in [6.07, 6.45) is 0. The average Bonchev–Trinajstić information content (AvgIpc) is 2.39. The first-order chi connectivity index (χ1) is 9.47. The van der Waals surface area contributed by atoms with Crippen LogP contribution in [-0.4, -0.2) is 4.99 Å². The second-order valence-electron chi connectivity index (χ2n) is 4.48. The van der Waals surface area contributed by atoms with E-state index in [1.807, 2.05) is 13.0 Å². The quantitative estimate of drug-likeness (QED) is 0.828. The summed E-state index contributed by atoms with van der Waals surface area (Å²) in [6, 6.07) is 11.8. The maximum absolute atomic E-state index is 12.9. The molecule has 0 saturated heterocycles. The maximum Gasteiger partial charge on any atom is 0.123 e. The van der Waals surface area contributed by atoms with Crippen molar-refractivity contribution in [1.82, 2.24) is 0 Å². The largest absolute Gasteiger partial charge is 0.389 e. The molecular formula is C15H14ClFN2S. The molecule has 0 aliphatic rings. The Morgan fingerprint density at radius 1 is 1.25 bits per heavy atom. The molecule has 0 radical (unpaired) electrons. The Balaban J connectivity index is 2.15. The van der Waals surface area contributed by atoms with Crippen LogP contribution in [0.15, 0.2) is 42.5 Å². The van der Waals surface area contributed by atoms with E-state index in [2.05, 4.69) is 5.32 Å². The Morgan fingerprint density at radius 3 is 2.45 bits per heavy atom. The molecule has 2 nitrogen and oxygen atoms in total. The van der Waals surface area contributed by atoms with Gasteiger partial charge < -0.3 is 11.1 Å². The van der Waals surface area contributed by atoms with Gasteiger partial charge in [0.2, 0.25) is 0 Å². The molecule has 0 aliphatic heterocycles. The third-order valence-electron chi connectivity index (χ3n) is 2.99. The number of rotatable bonds is 4. The van der Waals surface area contributed by atoms with Crippen LogP contribution >= 0.6 is 23.8 Å². The minimum atomic E-state index is -0.246. The molecule has 0 aromatic heterocycles. The van der Waals surface area contributed by atoms with E-state index < -0.39 is 0 Å². The van der Waals surface area contributed by atoms with Crippen LogP contribution in [0.1, 0.15) is 24.1 Å². The molecule has 2 aromatic rings. The molecule has 0 saturated carbocycles. The standard InChI is InChI=1S/C15H14ClFN2S/c1-9(10-2-4-11(17)5-3-10)19-12-6-7-13(15(18)20)14(16)8-12/h2-9,19H,1H3,(H2,18,20). The van der Waals surface area contributed by atoms with Gasteiger partial charge in [-0.1, -0.05) is 36.0 Å². The number of benzene rings is 2. The van der Waals surface area contributed by atoms with Gasteiger partial charge in [0, 0.05) is 17.3 Å². The lowest BCUT2D eigenvalue weighted by atomic mass is 10.1. The van der Waals surface area contributed by atoms with Crippen LogP contribution < -0.4 is 11.1 Å². The summed E-state index contributed by atoms with van der Waals surface area (Å²) in [4.78, 5) is 0.271. The predicted octanol–water partition coefficient (Wildman–Crippen LogP) is 4.29. The highest BCUT2D eigenvalue weighted by Gasteiger charge is 2.08. The Hall–Kier alpha value is -1.65. The van der Waals surface area contributed by atoms with E-state index in [-0.39, 0.29) is 16.8 Å². The van der Waals surface area contributed by atoms with Crippen molar-refractivity contribution in [2.75, 3.05) is 5.32 Å². The normalized spacial score (nSPS) is 11.9. The van der Waals surface area contributed by atoms with Gasteiger partial charge in [0.05, 0.1) is 5.02 Å². The minimum Gasteiger partial charge on any atom is -0.389 e. The molecular weight excluding hydrogens is 295 g/mol. The molecule has 3 N–H and O–H groups in total. The molecule has 0 amide bonds. The van der Waals surface area contributed by atoms with Gasteiger partial charge in [0.25, 0.3) is 0 Å². The molecule has 0 heterocycles. The third kappa shape index (κ3) is 3.46. The first-order valence-electron chi connectivity index (χ1n) is 6.08. The van der Waals surface area contributed by atoms with Crippen molar-refractivity contribution in [2.45, 2.75) is 13.0 Å². The number of hydrogen-bond donors (Lipinski definition) is 2. The summed E-state index contributed by atoms with van der Waals surface area (Å²) in [7, 11) is 0. The number of nitrogens with two attached hydrogens (primary N) is 1. The zero-order valence-electron chi connectivity index (χ0n) is 10.9. The van der Waals surface area contributed by atoms with Gasteiger partial charge in [-0.2, -0.15) is 0 Å². The molecule has 20 heavy (non-hydrogen) atoms. The lowest BCUT2D eigenvalue weighted by Gasteiger charge is -2.16. The van der Waals surface area contributed by atoms with Crippen molar-refractivity contribution in [1.29, 1.82) is 0 Å². The summed E-state index contributed by atoms with van der Waals surface area (Å²) in [5, 5.41) is 3.80. The van der Waals surface area contributed by atoms with Crippen LogP contribution in [0.2, 0.25) is 5.02 Å². The van der Waals surface area contributed by atoms with Gasteiger partial charge in [-0.25, -0.2) is 4.39 Å². The summed E-state index contributed by atoms with van der Waals surface area (Å²) < 4.78 is 12.9. The lowest BCUT2D eigenvalue weighted by molar-refractivity contribution is 0.626. The summed E-state index contributed by atoms with van der Waals surface area (Å²) in [5.74, 6) is -0.246. The first-order valence-corrected chi connectivity index (χ1v) is 6.87. The molecule has 104 valence electrons. The van der Waals surface area contributed by atoms with Gasteiger partial charge >= 0.3 is 0 Å². The molecule has 1 unspecified atom stereocenters. The zero-order chi connectivity index (χ0) is 14.7. The Labute approximate surface area is 127 Å². The van der Waals surface area contributed by atoms with Gasteiger partial charge in [-0.05, 0) is 42.8 Å². The van der Waals surface area contributed by atoms with Crippen molar-refractivity contribution in [2.24, 2.45) is 5.73 Å². The molecule has 2 aromatic carbocycles. The van der Waals surface area contributed by atoms with E-state index in [0.717, 1.165) is 11.3 Å². The van der Waals surface area contributed by atoms with Crippen molar-refractivity contribution < 1.29 is 4.39 Å². The van der Waals surface area contributed by atoms with Crippen LogP contribution in [0.4, 0.5) is 10.1 Å². The van der Waals surface area contributed by atoms with Gasteiger partial charge in [-0.3, -0.25) is 0 Å². The van der Waals surface area contributed by atoms with Crippen LogP contribution in [0, 0.1) is 5.82 Å². The second kappa shape index (κ2) is 6.20. The van der Waals surface area contributed by atoms with Crippen LogP contribution in [0.5, 0.6) is 0 Å². The smallest absolute Gasteiger partial charge is 0.123 e. The SMILES string of the molecule is CC(Nc1ccc(C(N)=S)c(Cl)c1)c1ccc(F)cc1. The van der Waals surface area contributed by atoms with Crippen LogP contribution in [0.25, 0.3) is 0 Å². The molecule has 0 bridgehead atoms. The fourth-order valence-corrected chi connectivity index (χ4v) is 2.41. The molecule has 2 rings (SSSR count). The highest BCUT2D eigenvalue weighted by molar-refractivity contribution is 7.80. The Bertz CT molecular complexity index is 628. The van der Waals surface area contributed by atoms with E-state index in [1.165, 1.54) is 12.1 Å². The van der Waals surface area contributed by atoms with E-state index in [1.54, 1.807) is 24.3 Å². The van der Waals surface area contributed by atoms with E-state index in [0.29, 0.717) is 10.6 Å². The maximum atomic E-state index is 12.9. The molecule has 0 aliphatic carbocycles. The zero-order valence-corrected chi connectivity index (χ0v) is 12.4. The lowest BCUT2D eigenvalue weighted by Crippen LogP contribution is -2.11. The van der Waals surface area contributed by atoms with E-state index in [9.17, 15) is 4.39 Å². The second-order valence-corrected chi connectivity index (χ2v) is 5.32. The fraction of sp³-hybridized carbons (Fsp3) is 0.133. The monoisotopic (exact) mass is 308 g/mol. The molecule has 5 heteroatoms. The number of anilines is 1. The van der Waals surface area contributed by atoms with Gasteiger partial charge in [0.15, 0.2) is 0 Å². The predicted molar refractivity (Wildman–Crippen MR) is 85.8 cm³/mol. The summed E-state index contributed by atoms with van der Waals surface area (Å²) in [5.41, 5.74) is 8.06. The highest BCUT2D eigenvalue weighted by atomic mass is 35.5. The van der Waals surface area contributed by atoms with Crippen molar-refractivity contribution in [3.05, 3.63) is 64.4 Å². The number of nitrogens with one attached hydrogen (secondary N) is 1. The van der Waals surface area contributed by atoms with Crippen LogP contribution in [-0.2, 0) is 0 Å². The Morgan fingerprint density at radius 2 is 1.90 bits per heavy atom. The number of thiocarbonyl (C=S) groups is 1. The van der Waals surface area contributed by atoms with Crippen molar-refractivity contribution >= 4 is 34.5 Å². The average molecular weight is 309 g/mol. The minimum absolute atomic E-state index is 0.0299. The molecule has 0 fully saturated rings. The highest BCUT2D eigenvalue weighted by Crippen LogP contribution is 2.24. The van der Waals surface area contributed by atoms with Gasteiger partial charge in [-0.15, -0.1) is 0 Å². The fourth-order valence-electron chi connectivity index (χ4n) is 1.89. The molecule has 1 atom stereocenters. The van der Waals surface area contributed by atoms with Crippen LogP contribution in [0.3, 0.4) is 0 Å². The number of halogens is 2. The Kier molecular flexibility index (Phi) is 4.57. The van der Waals surface area contributed by atoms with E-state index >= 15 is 0 Å². The van der Waals surface area contributed by atoms with Crippen molar-refractivity contribution in [3.63, 3.8) is 0 Å². The van der Waals surface area contributed by atoms with E-state index in [4.69, 9.17) is 29.6 Å². The summed E-state index contributed by atoms with van der Waals surface area (Å²) >= 11 is 11.0.